The summed E-state index contributed by atoms with van der Waals surface area (Å²) in [4.78, 5) is 15.2. The maximum atomic E-state index is 6.89. The van der Waals surface area contributed by atoms with Crippen LogP contribution >= 0.6 is 0 Å². The van der Waals surface area contributed by atoms with Crippen LogP contribution in [0.2, 0.25) is 0 Å². The quantitative estimate of drug-likeness (QED) is 0.164. The largest absolute Gasteiger partial charge is 0.456 e. The molecule has 1 aliphatic rings. The van der Waals surface area contributed by atoms with Gasteiger partial charge in [-0.1, -0.05) is 202 Å². The summed E-state index contributed by atoms with van der Waals surface area (Å²) in [5.74, 6) is 2.90. The fourth-order valence-corrected chi connectivity index (χ4v) is 7.76. The number of aromatic nitrogens is 3. The summed E-state index contributed by atoms with van der Waals surface area (Å²) in [7, 11) is 0. The molecule has 0 saturated heterocycles. The van der Waals surface area contributed by atoms with Gasteiger partial charge in [-0.15, -0.1) is 0 Å². The molecule has 2 heterocycles. The van der Waals surface area contributed by atoms with E-state index in [0.29, 0.717) is 17.5 Å². The van der Waals surface area contributed by atoms with Crippen molar-refractivity contribution in [3.8, 4) is 56.4 Å². The number of rotatable bonds is 7. The molecule has 0 radical (unpaired) electrons. The van der Waals surface area contributed by atoms with Crippen LogP contribution in [0.4, 0.5) is 0 Å². The fourth-order valence-electron chi connectivity index (χ4n) is 7.76. The van der Waals surface area contributed by atoms with Crippen LogP contribution in [0, 0.1) is 0 Å². The van der Waals surface area contributed by atoms with E-state index >= 15 is 0 Å². The highest BCUT2D eigenvalue weighted by molar-refractivity contribution is 6.00. The van der Waals surface area contributed by atoms with Gasteiger partial charge < -0.3 is 4.42 Å². The van der Waals surface area contributed by atoms with Gasteiger partial charge in [-0.05, 0) is 45.9 Å². The Morgan fingerprint density at radius 3 is 1.39 bits per heavy atom. The van der Waals surface area contributed by atoms with E-state index in [1.807, 2.05) is 80.6 Å². The van der Waals surface area contributed by atoms with Gasteiger partial charge in [-0.3, -0.25) is 0 Å². The molecule has 0 amide bonds. The number of hydrogen-bond donors (Lipinski definition) is 0. The van der Waals surface area contributed by atoms with Gasteiger partial charge in [0.05, 0.1) is 0 Å². The Balaban J connectivity index is 0.00000208. The third kappa shape index (κ3) is 7.10. The minimum Gasteiger partial charge on any atom is -0.456 e. The van der Waals surface area contributed by atoms with Gasteiger partial charge in [0, 0.05) is 39.1 Å². The molecule has 0 saturated carbocycles. The fraction of sp³-hybridized carbons (Fsp3) is 0.0755. The van der Waals surface area contributed by atoms with E-state index in [2.05, 4.69) is 127 Å². The third-order valence-corrected chi connectivity index (χ3v) is 10.5. The first kappa shape index (κ1) is 35.5. The topological polar surface area (TPSA) is 51.8 Å². The highest BCUT2D eigenvalue weighted by atomic mass is 16.3. The molecule has 4 nitrogen and oxygen atoms in total. The Morgan fingerprint density at radius 1 is 0.421 bits per heavy atom. The molecule has 2 aromatic heterocycles. The number of hydrogen-bond acceptors (Lipinski definition) is 4. The second-order valence-corrected chi connectivity index (χ2v) is 13.9. The summed E-state index contributed by atoms with van der Waals surface area (Å²) in [6.07, 6.45) is 3.17. The summed E-state index contributed by atoms with van der Waals surface area (Å²) in [5.41, 5.74) is 13.0. The highest BCUT2D eigenvalue weighted by Gasteiger charge is 2.30. The zero-order chi connectivity index (χ0) is 38.6. The van der Waals surface area contributed by atoms with Gasteiger partial charge in [0.15, 0.2) is 17.5 Å². The first-order valence-corrected chi connectivity index (χ1v) is 19.7. The van der Waals surface area contributed by atoms with Crippen LogP contribution in [0.15, 0.2) is 199 Å². The van der Waals surface area contributed by atoms with Crippen molar-refractivity contribution < 1.29 is 4.42 Å². The van der Waals surface area contributed by atoms with Crippen molar-refractivity contribution >= 4 is 16.5 Å². The molecule has 1 unspecified atom stereocenters. The third-order valence-electron chi connectivity index (χ3n) is 10.5. The van der Waals surface area contributed by atoms with Crippen molar-refractivity contribution in [3.63, 3.8) is 0 Å². The maximum absolute atomic E-state index is 6.89. The predicted octanol–water partition coefficient (Wildman–Crippen LogP) is 13.8. The van der Waals surface area contributed by atoms with Gasteiger partial charge in [0.2, 0.25) is 0 Å². The summed E-state index contributed by atoms with van der Waals surface area (Å²) >= 11 is 0. The lowest BCUT2D eigenvalue weighted by atomic mass is 9.80. The van der Waals surface area contributed by atoms with Crippen LogP contribution in [-0.2, 0) is 6.42 Å². The van der Waals surface area contributed by atoms with Crippen molar-refractivity contribution in [2.45, 2.75) is 26.2 Å². The molecule has 1 aliphatic carbocycles. The molecule has 1 atom stereocenters. The minimum atomic E-state index is 0.119. The van der Waals surface area contributed by atoms with Crippen LogP contribution < -0.4 is 0 Å². The van der Waals surface area contributed by atoms with E-state index in [0.717, 1.165) is 56.5 Å². The Morgan fingerprint density at radius 2 is 0.860 bits per heavy atom. The lowest BCUT2D eigenvalue weighted by molar-refractivity contribution is 0.587. The summed E-state index contributed by atoms with van der Waals surface area (Å²) in [6.45, 7) is 4.00. The molecule has 9 aromatic rings. The monoisotopic (exact) mass is 735 g/mol. The SMILES string of the molecule is C1=C(c2ccc(-c3ccccc3)cc2)c2oc3cccc(-c4nc(-c5ccccc5)nc(-c5ccccc5)n4)c3c2CC1c1ccc(-c2ccccc2)cc1.CC. The molecule has 0 spiro atoms. The molecular formula is C53H41N3O. The second-order valence-electron chi connectivity index (χ2n) is 13.9. The highest BCUT2D eigenvalue weighted by Crippen LogP contribution is 2.46. The number of allylic oxidation sites excluding steroid dienone is 1. The number of furan rings is 1. The average Bonchev–Trinajstić information content (AvgIpc) is 3.69. The first-order valence-electron chi connectivity index (χ1n) is 19.7. The van der Waals surface area contributed by atoms with Gasteiger partial charge in [-0.2, -0.15) is 0 Å². The Labute approximate surface area is 333 Å². The standard InChI is InChI=1S/C51H35N3O.C2H6/c1-5-14-34(15-6-1)36-24-26-38(27-25-36)42-32-44(39-30-28-37(29-31-39)35-16-7-2-8-17-35)48-45(33-42)47-43(22-13-23-46(47)55-48)51-53-49(40-18-9-3-10-19-40)52-50(54-51)41-20-11-4-12-21-41;1-2/h1-32,42H,33H2;1-2H3. The van der Waals surface area contributed by atoms with Crippen molar-refractivity contribution in [1.29, 1.82) is 0 Å². The molecule has 0 N–H and O–H groups in total. The van der Waals surface area contributed by atoms with Crippen molar-refractivity contribution in [2.24, 2.45) is 0 Å². The van der Waals surface area contributed by atoms with E-state index in [9.17, 15) is 0 Å². The molecule has 10 rings (SSSR count). The van der Waals surface area contributed by atoms with Crippen LogP contribution in [0.5, 0.6) is 0 Å². The van der Waals surface area contributed by atoms with Crippen molar-refractivity contribution in [2.75, 3.05) is 0 Å². The second kappa shape index (κ2) is 15.9. The molecule has 7 aromatic carbocycles. The number of benzene rings is 7. The molecule has 0 fully saturated rings. The van der Waals surface area contributed by atoms with Gasteiger partial charge >= 0.3 is 0 Å². The van der Waals surface area contributed by atoms with Crippen LogP contribution in [-0.4, -0.2) is 15.0 Å². The molecule has 4 heteroatoms. The summed E-state index contributed by atoms with van der Waals surface area (Å²) in [5, 5.41) is 1.04. The lowest BCUT2D eigenvalue weighted by Gasteiger charge is -2.22. The van der Waals surface area contributed by atoms with Gasteiger partial charge in [0.25, 0.3) is 0 Å². The minimum absolute atomic E-state index is 0.119. The number of nitrogens with zero attached hydrogens (tertiary/aromatic N) is 3. The first-order chi connectivity index (χ1) is 28.2. The lowest BCUT2D eigenvalue weighted by Crippen LogP contribution is -2.09. The predicted molar refractivity (Wildman–Crippen MR) is 235 cm³/mol. The van der Waals surface area contributed by atoms with Crippen molar-refractivity contribution in [3.05, 3.63) is 217 Å². The maximum Gasteiger partial charge on any atom is 0.164 e. The van der Waals surface area contributed by atoms with Gasteiger partial charge in [-0.25, -0.2) is 15.0 Å². The Kier molecular flexibility index (Phi) is 9.91. The molecule has 0 aliphatic heterocycles. The summed E-state index contributed by atoms with van der Waals surface area (Å²) < 4.78 is 6.89. The molecule has 57 heavy (non-hydrogen) atoms. The van der Waals surface area contributed by atoms with E-state index in [1.165, 1.54) is 27.8 Å². The van der Waals surface area contributed by atoms with Crippen LogP contribution in [0.1, 0.15) is 42.2 Å². The smallest absolute Gasteiger partial charge is 0.164 e. The Hall–Kier alpha value is -7.17. The van der Waals surface area contributed by atoms with E-state index in [4.69, 9.17) is 19.4 Å². The van der Waals surface area contributed by atoms with E-state index < -0.39 is 0 Å². The van der Waals surface area contributed by atoms with Crippen LogP contribution in [0.25, 0.3) is 73.0 Å². The van der Waals surface area contributed by atoms with Crippen molar-refractivity contribution in [1.82, 2.24) is 15.0 Å². The van der Waals surface area contributed by atoms with E-state index in [-0.39, 0.29) is 5.92 Å². The van der Waals surface area contributed by atoms with E-state index in [1.54, 1.807) is 0 Å². The van der Waals surface area contributed by atoms with Gasteiger partial charge in [0.1, 0.15) is 11.3 Å². The molecule has 0 bridgehead atoms. The Bertz CT molecular complexity index is 2730. The molecule has 274 valence electrons. The zero-order valence-corrected chi connectivity index (χ0v) is 32.0. The average molecular weight is 736 g/mol. The zero-order valence-electron chi connectivity index (χ0n) is 32.0. The summed E-state index contributed by atoms with van der Waals surface area (Å²) in [6, 6.07) is 65.4. The van der Waals surface area contributed by atoms with Crippen LogP contribution in [0.3, 0.4) is 0 Å². The normalized spacial score (nSPS) is 13.3. The number of fused-ring (bicyclic) bond motifs is 3. The molecular weight excluding hydrogens is 695 g/mol.